The van der Waals surface area contributed by atoms with Gasteiger partial charge in [-0.3, -0.25) is 0 Å². The first kappa shape index (κ1) is 19.5. The minimum Gasteiger partial charge on any atom is -0.493 e. The van der Waals surface area contributed by atoms with Gasteiger partial charge in [-0.15, -0.1) is 0 Å². The predicted molar refractivity (Wildman–Crippen MR) is 113 cm³/mol. The molecule has 2 aromatic carbocycles. The Morgan fingerprint density at radius 1 is 0.857 bits per heavy atom. The number of ether oxygens (including phenoxy) is 2. The Morgan fingerprint density at radius 2 is 1.57 bits per heavy atom. The van der Waals surface area contributed by atoms with Gasteiger partial charge < -0.3 is 20.1 Å². The molecule has 0 atom stereocenters. The molecule has 146 valence electrons. The van der Waals surface area contributed by atoms with Gasteiger partial charge in [-0.2, -0.15) is 0 Å². The SMILES string of the molecule is COc1ccc(CNc2cc(NC(C)C)nc(-c3ccccc3)n2)cc1OC. The van der Waals surface area contributed by atoms with Crippen LogP contribution >= 0.6 is 0 Å². The molecule has 0 saturated carbocycles. The molecule has 0 amide bonds. The summed E-state index contributed by atoms with van der Waals surface area (Å²) in [7, 11) is 3.26. The average molecular weight is 378 g/mol. The highest BCUT2D eigenvalue weighted by Gasteiger charge is 2.09. The summed E-state index contributed by atoms with van der Waals surface area (Å²) in [6.45, 7) is 4.77. The Bertz CT molecular complexity index is 914. The number of nitrogens with one attached hydrogen (secondary N) is 2. The van der Waals surface area contributed by atoms with E-state index in [0.29, 0.717) is 23.9 Å². The van der Waals surface area contributed by atoms with Gasteiger partial charge >= 0.3 is 0 Å². The zero-order chi connectivity index (χ0) is 19.9. The molecule has 28 heavy (non-hydrogen) atoms. The molecule has 0 aliphatic rings. The highest BCUT2D eigenvalue weighted by Crippen LogP contribution is 2.28. The molecule has 0 aliphatic heterocycles. The van der Waals surface area contributed by atoms with Crippen LogP contribution in [0.15, 0.2) is 54.6 Å². The van der Waals surface area contributed by atoms with Crippen LogP contribution in [0.2, 0.25) is 0 Å². The van der Waals surface area contributed by atoms with E-state index in [1.54, 1.807) is 14.2 Å². The highest BCUT2D eigenvalue weighted by atomic mass is 16.5. The van der Waals surface area contributed by atoms with Crippen LogP contribution in [0, 0.1) is 0 Å². The quantitative estimate of drug-likeness (QED) is 0.597. The molecule has 6 nitrogen and oxygen atoms in total. The van der Waals surface area contributed by atoms with Crippen molar-refractivity contribution in [2.75, 3.05) is 24.9 Å². The molecule has 3 rings (SSSR count). The van der Waals surface area contributed by atoms with E-state index < -0.39 is 0 Å². The van der Waals surface area contributed by atoms with Crippen LogP contribution in [0.4, 0.5) is 11.6 Å². The van der Waals surface area contributed by atoms with Gasteiger partial charge in [-0.05, 0) is 31.5 Å². The third-order valence-electron chi connectivity index (χ3n) is 4.12. The average Bonchev–Trinajstić information content (AvgIpc) is 2.72. The van der Waals surface area contributed by atoms with Gasteiger partial charge in [-0.25, -0.2) is 9.97 Å². The van der Waals surface area contributed by atoms with Gasteiger partial charge in [0.15, 0.2) is 17.3 Å². The third kappa shape index (κ3) is 4.91. The molecule has 0 saturated heterocycles. The van der Waals surface area contributed by atoms with Crippen LogP contribution in [-0.2, 0) is 6.54 Å². The Labute approximate surface area is 166 Å². The van der Waals surface area contributed by atoms with Crippen molar-refractivity contribution >= 4 is 11.6 Å². The minimum atomic E-state index is 0.275. The molecule has 0 spiro atoms. The van der Waals surface area contributed by atoms with E-state index in [4.69, 9.17) is 9.47 Å². The summed E-state index contributed by atoms with van der Waals surface area (Å²) in [5, 5.41) is 6.75. The van der Waals surface area contributed by atoms with E-state index in [0.717, 1.165) is 22.8 Å². The fraction of sp³-hybridized carbons (Fsp3) is 0.273. The fourth-order valence-electron chi connectivity index (χ4n) is 2.81. The molecule has 0 unspecified atom stereocenters. The van der Waals surface area contributed by atoms with Gasteiger partial charge in [0.05, 0.1) is 14.2 Å². The summed E-state index contributed by atoms with van der Waals surface area (Å²) in [5.41, 5.74) is 2.04. The molecular formula is C22H26N4O2. The first-order valence-corrected chi connectivity index (χ1v) is 9.25. The summed E-state index contributed by atoms with van der Waals surface area (Å²) in [4.78, 5) is 9.33. The number of hydrogen-bond acceptors (Lipinski definition) is 6. The molecule has 3 aromatic rings. The first-order valence-electron chi connectivity index (χ1n) is 9.25. The van der Waals surface area contributed by atoms with Crippen LogP contribution in [0.3, 0.4) is 0 Å². The number of hydrogen-bond donors (Lipinski definition) is 2. The monoisotopic (exact) mass is 378 g/mol. The van der Waals surface area contributed by atoms with E-state index in [2.05, 4.69) is 34.4 Å². The second-order valence-electron chi connectivity index (χ2n) is 6.67. The summed E-state index contributed by atoms with van der Waals surface area (Å²) < 4.78 is 10.7. The van der Waals surface area contributed by atoms with Gasteiger partial charge in [0.25, 0.3) is 0 Å². The van der Waals surface area contributed by atoms with Gasteiger partial charge in [-0.1, -0.05) is 36.4 Å². The number of nitrogens with zero attached hydrogens (tertiary/aromatic N) is 2. The van der Waals surface area contributed by atoms with Gasteiger partial charge in [0, 0.05) is 24.2 Å². The molecule has 0 radical (unpaired) electrons. The molecule has 1 heterocycles. The zero-order valence-corrected chi connectivity index (χ0v) is 16.7. The second kappa shape index (κ2) is 9.08. The van der Waals surface area contributed by atoms with E-state index in [1.165, 1.54) is 0 Å². The van der Waals surface area contributed by atoms with Crippen LogP contribution in [0.1, 0.15) is 19.4 Å². The standard InChI is InChI=1S/C22H26N4O2/c1-15(2)24-21-13-20(25-22(26-21)17-8-6-5-7-9-17)23-14-16-10-11-18(27-3)19(12-16)28-4/h5-13,15H,14H2,1-4H3,(H2,23,24,25,26). The van der Waals surface area contributed by atoms with E-state index in [1.807, 2.05) is 54.6 Å². The van der Waals surface area contributed by atoms with Crippen molar-refractivity contribution in [2.45, 2.75) is 26.4 Å². The molecule has 0 aliphatic carbocycles. The van der Waals surface area contributed by atoms with Gasteiger partial charge in [0.1, 0.15) is 11.6 Å². The molecule has 0 fully saturated rings. The molecule has 6 heteroatoms. The Morgan fingerprint density at radius 3 is 2.25 bits per heavy atom. The van der Waals surface area contributed by atoms with Crippen molar-refractivity contribution in [3.05, 3.63) is 60.2 Å². The lowest BCUT2D eigenvalue weighted by atomic mass is 10.2. The number of rotatable bonds is 8. The van der Waals surface area contributed by atoms with E-state index in [-0.39, 0.29) is 6.04 Å². The fourth-order valence-corrected chi connectivity index (χ4v) is 2.81. The number of benzene rings is 2. The highest BCUT2D eigenvalue weighted by molar-refractivity contribution is 5.61. The lowest BCUT2D eigenvalue weighted by molar-refractivity contribution is 0.354. The van der Waals surface area contributed by atoms with Gasteiger partial charge in [0.2, 0.25) is 0 Å². The summed E-state index contributed by atoms with van der Waals surface area (Å²) >= 11 is 0. The molecule has 0 bridgehead atoms. The van der Waals surface area contributed by atoms with Crippen molar-refractivity contribution in [1.82, 2.24) is 9.97 Å². The third-order valence-corrected chi connectivity index (χ3v) is 4.12. The first-order chi connectivity index (χ1) is 13.6. The van der Waals surface area contributed by atoms with Crippen LogP contribution < -0.4 is 20.1 Å². The second-order valence-corrected chi connectivity index (χ2v) is 6.67. The Balaban J connectivity index is 1.84. The lowest BCUT2D eigenvalue weighted by Crippen LogP contribution is -2.13. The van der Waals surface area contributed by atoms with Crippen LogP contribution in [0.25, 0.3) is 11.4 Å². The van der Waals surface area contributed by atoms with Crippen molar-refractivity contribution < 1.29 is 9.47 Å². The largest absolute Gasteiger partial charge is 0.493 e. The van der Waals surface area contributed by atoms with Crippen molar-refractivity contribution in [3.63, 3.8) is 0 Å². The number of anilines is 2. The zero-order valence-electron chi connectivity index (χ0n) is 16.7. The van der Waals surface area contributed by atoms with Crippen molar-refractivity contribution in [1.29, 1.82) is 0 Å². The van der Waals surface area contributed by atoms with E-state index in [9.17, 15) is 0 Å². The molecular weight excluding hydrogens is 352 g/mol. The lowest BCUT2D eigenvalue weighted by Gasteiger charge is -2.14. The topological polar surface area (TPSA) is 68.3 Å². The van der Waals surface area contributed by atoms with Crippen LogP contribution in [-0.4, -0.2) is 30.2 Å². The normalized spacial score (nSPS) is 10.6. The molecule has 2 N–H and O–H groups in total. The summed E-state index contributed by atoms with van der Waals surface area (Å²) in [6, 6.07) is 18.0. The van der Waals surface area contributed by atoms with Crippen molar-refractivity contribution in [2.24, 2.45) is 0 Å². The Kier molecular flexibility index (Phi) is 6.32. The maximum Gasteiger partial charge on any atom is 0.163 e. The smallest absolute Gasteiger partial charge is 0.163 e. The number of methoxy groups -OCH3 is 2. The summed E-state index contributed by atoms with van der Waals surface area (Å²) in [6.07, 6.45) is 0. The predicted octanol–water partition coefficient (Wildman–Crippen LogP) is 4.59. The van der Waals surface area contributed by atoms with Crippen molar-refractivity contribution in [3.8, 4) is 22.9 Å². The maximum atomic E-state index is 5.38. The van der Waals surface area contributed by atoms with E-state index >= 15 is 0 Å². The Hall–Kier alpha value is -3.28. The number of aromatic nitrogens is 2. The minimum absolute atomic E-state index is 0.275. The summed E-state index contributed by atoms with van der Waals surface area (Å²) in [5.74, 6) is 3.64. The van der Waals surface area contributed by atoms with Crippen LogP contribution in [0.5, 0.6) is 11.5 Å². The molecule has 1 aromatic heterocycles. The maximum absolute atomic E-state index is 5.38.